The first kappa shape index (κ1) is 31.7. The van der Waals surface area contributed by atoms with Crippen molar-refractivity contribution in [2.75, 3.05) is 0 Å². The Labute approximate surface area is 206 Å². The van der Waals surface area contributed by atoms with Gasteiger partial charge >= 0.3 is 29.8 Å². The van der Waals surface area contributed by atoms with Crippen LogP contribution in [0, 0.1) is 0 Å². The number of carboxylic acid groups (broad SMARTS) is 5. The van der Waals surface area contributed by atoms with Crippen LogP contribution < -0.4 is 0 Å². The van der Waals surface area contributed by atoms with Gasteiger partial charge in [0.2, 0.25) is 0 Å². The second-order valence-corrected chi connectivity index (χ2v) is 7.40. The van der Waals surface area contributed by atoms with E-state index in [0.717, 1.165) is 12.2 Å². The maximum atomic E-state index is 10.2. The van der Waals surface area contributed by atoms with Gasteiger partial charge in [0.1, 0.15) is 0 Å². The van der Waals surface area contributed by atoms with Gasteiger partial charge < -0.3 is 39.7 Å². The molecule has 3 saturated heterocycles. The lowest BCUT2D eigenvalue weighted by Gasteiger charge is -2.01. The molecule has 3 aliphatic heterocycles. The van der Waals surface area contributed by atoms with E-state index in [0.29, 0.717) is 55.8 Å². The van der Waals surface area contributed by atoms with Crippen LogP contribution in [0.3, 0.4) is 0 Å². The monoisotopic (exact) mass is 514 g/mol. The quantitative estimate of drug-likeness (QED) is 0.322. The third kappa shape index (κ3) is 14.8. The zero-order valence-corrected chi connectivity index (χ0v) is 19.5. The van der Waals surface area contributed by atoms with Crippen LogP contribution in [-0.2, 0) is 38.2 Å². The van der Waals surface area contributed by atoms with Gasteiger partial charge in [-0.1, -0.05) is 25.8 Å². The normalized spacial score (nSPS) is 21.8. The summed E-state index contributed by atoms with van der Waals surface area (Å²) in [6.45, 7) is 10.5. The Bertz CT molecular complexity index is 801. The van der Waals surface area contributed by atoms with Crippen molar-refractivity contribution in [3.63, 3.8) is 0 Å². The molecule has 3 rings (SSSR count). The van der Waals surface area contributed by atoms with Crippen molar-refractivity contribution in [1.82, 2.24) is 0 Å². The lowest BCUT2D eigenvalue weighted by Crippen LogP contribution is -2.17. The number of hydrogen-bond acceptors (Lipinski definition) is 8. The fourth-order valence-electron chi connectivity index (χ4n) is 2.62. The molecular weight excluding hydrogens is 484 g/mol. The lowest BCUT2D eigenvalue weighted by molar-refractivity contribution is -0.146. The highest BCUT2D eigenvalue weighted by atomic mass is 16.5. The largest absolute Gasteiger partial charge is 0.484 e. The number of carboxylic acids is 5. The van der Waals surface area contributed by atoms with Gasteiger partial charge in [0, 0.05) is 44.6 Å². The molecule has 0 saturated carbocycles. The van der Waals surface area contributed by atoms with Crippen molar-refractivity contribution in [2.24, 2.45) is 0 Å². The average molecular weight is 514 g/mol. The molecule has 0 spiro atoms. The topological polar surface area (TPSA) is 214 Å². The number of hydrogen-bond donors (Lipinski definition) is 5. The molecule has 200 valence electrons. The molecular formula is C23H30O13. The molecule has 13 heteroatoms. The van der Waals surface area contributed by atoms with Crippen LogP contribution in [0.4, 0.5) is 0 Å². The first-order valence-corrected chi connectivity index (χ1v) is 10.6. The molecule has 3 atom stereocenters. The molecule has 0 radical (unpaired) electrons. The highest BCUT2D eigenvalue weighted by molar-refractivity contribution is 5.81. The first-order valence-electron chi connectivity index (χ1n) is 10.6. The molecule has 3 aliphatic rings. The first-order chi connectivity index (χ1) is 16.7. The molecule has 5 N–H and O–H groups in total. The summed E-state index contributed by atoms with van der Waals surface area (Å²) in [5, 5.41) is 41.0. The minimum atomic E-state index is -1.13. The van der Waals surface area contributed by atoms with Crippen LogP contribution >= 0.6 is 0 Å². The van der Waals surface area contributed by atoms with Gasteiger partial charge in [-0.3, -0.25) is 4.79 Å². The van der Waals surface area contributed by atoms with Crippen LogP contribution in [-0.4, -0.2) is 73.7 Å². The van der Waals surface area contributed by atoms with E-state index in [2.05, 4.69) is 19.7 Å². The third-order valence-electron chi connectivity index (χ3n) is 4.36. The number of rotatable bonds is 6. The van der Waals surface area contributed by atoms with E-state index in [4.69, 9.17) is 39.7 Å². The predicted octanol–water partition coefficient (Wildman–Crippen LogP) is 2.39. The average Bonchev–Trinajstić information content (AvgIpc) is 3.50. The van der Waals surface area contributed by atoms with Crippen LogP contribution in [0.15, 0.2) is 49.2 Å². The molecule has 1 unspecified atom stereocenters. The van der Waals surface area contributed by atoms with Crippen molar-refractivity contribution in [2.45, 2.75) is 63.3 Å². The van der Waals surface area contributed by atoms with E-state index in [1.54, 1.807) is 0 Å². The second kappa shape index (κ2) is 16.4. The zero-order chi connectivity index (χ0) is 27.8. The number of ether oxygens (including phenoxy) is 3. The fourth-order valence-corrected chi connectivity index (χ4v) is 2.62. The van der Waals surface area contributed by atoms with Gasteiger partial charge in [-0.2, -0.15) is 0 Å². The highest BCUT2D eigenvalue weighted by Gasteiger charge is 2.26. The number of carbonyl (C=O) groups is 5. The zero-order valence-electron chi connectivity index (χ0n) is 19.5. The van der Waals surface area contributed by atoms with E-state index in [1.807, 2.05) is 0 Å². The fraction of sp³-hybridized carbons (Fsp3) is 0.435. The van der Waals surface area contributed by atoms with Gasteiger partial charge in [-0.25, -0.2) is 19.2 Å². The predicted molar refractivity (Wildman–Crippen MR) is 122 cm³/mol. The molecule has 0 amide bonds. The SMILES string of the molecule is C=C1CCC(C(=O)O)O1.C=C1CC[C@@H](C(=O)O)O1.C=C1CC[C@H](C(=O)O)O1.O=C(O)/C=C/CC(=O)O. The van der Waals surface area contributed by atoms with Crippen molar-refractivity contribution >= 4 is 29.8 Å². The van der Waals surface area contributed by atoms with E-state index in [9.17, 15) is 24.0 Å². The van der Waals surface area contributed by atoms with E-state index in [-0.39, 0.29) is 6.42 Å². The van der Waals surface area contributed by atoms with Crippen molar-refractivity contribution in [3.8, 4) is 0 Å². The molecule has 3 fully saturated rings. The Balaban J connectivity index is 0.000000454. The van der Waals surface area contributed by atoms with E-state index in [1.165, 1.54) is 0 Å². The molecule has 36 heavy (non-hydrogen) atoms. The van der Waals surface area contributed by atoms with Crippen molar-refractivity contribution in [3.05, 3.63) is 49.2 Å². The van der Waals surface area contributed by atoms with Gasteiger partial charge in [-0.05, 0) is 0 Å². The second-order valence-electron chi connectivity index (χ2n) is 7.40. The van der Waals surface area contributed by atoms with Gasteiger partial charge in [0.25, 0.3) is 0 Å². The maximum Gasteiger partial charge on any atom is 0.344 e. The summed E-state index contributed by atoms with van der Waals surface area (Å²) in [4.78, 5) is 50.0. The molecule has 0 aliphatic carbocycles. The van der Waals surface area contributed by atoms with Crippen LogP contribution in [0.2, 0.25) is 0 Å². The standard InChI is InChI=1S/3C6H8O3.C5H6O4/c3*1-4-2-3-5(9-4)6(7)8;6-4(7)2-1-3-5(8)9/h3*5H,1-3H2,(H,7,8);1-2H,3H2,(H,6,7)(H,8,9)/b;;;2-1+/t2*5-;;/m10../s1. The summed E-state index contributed by atoms with van der Waals surface area (Å²) in [5.41, 5.74) is 0. The Kier molecular flexibility index (Phi) is 14.4. The van der Waals surface area contributed by atoms with Crippen molar-refractivity contribution in [1.29, 1.82) is 0 Å². The summed E-state index contributed by atoms with van der Waals surface area (Å²) >= 11 is 0. The summed E-state index contributed by atoms with van der Waals surface area (Å²) < 4.78 is 14.5. The number of allylic oxidation sites excluding steroid dienone is 3. The van der Waals surface area contributed by atoms with E-state index >= 15 is 0 Å². The van der Waals surface area contributed by atoms with Crippen LogP contribution in [0.1, 0.15) is 44.9 Å². The summed E-state index contributed by atoms with van der Waals surface area (Å²) in [6, 6.07) is 0. The molecule has 0 bridgehead atoms. The summed E-state index contributed by atoms with van der Waals surface area (Å²) in [6.07, 6.45) is 3.43. The summed E-state index contributed by atoms with van der Waals surface area (Å²) in [5.74, 6) is -3.09. The maximum absolute atomic E-state index is 10.2. The van der Waals surface area contributed by atoms with Crippen LogP contribution in [0.5, 0.6) is 0 Å². The minimum Gasteiger partial charge on any atom is -0.484 e. The smallest absolute Gasteiger partial charge is 0.344 e. The third-order valence-corrected chi connectivity index (χ3v) is 4.36. The van der Waals surface area contributed by atoms with E-state index < -0.39 is 48.2 Å². The Morgan fingerprint density at radius 2 is 0.972 bits per heavy atom. The van der Waals surface area contributed by atoms with Gasteiger partial charge in [-0.15, -0.1) is 0 Å². The molecule has 13 nitrogen and oxygen atoms in total. The summed E-state index contributed by atoms with van der Waals surface area (Å²) in [7, 11) is 0. The highest BCUT2D eigenvalue weighted by Crippen LogP contribution is 2.22. The Morgan fingerprint density at radius 1 is 0.667 bits per heavy atom. The van der Waals surface area contributed by atoms with Crippen molar-refractivity contribution < 1.29 is 63.7 Å². The van der Waals surface area contributed by atoms with Gasteiger partial charge in [0.15, 0.2) is 18.3 Å². The molecule has 3 heterocycles. The number of aliphatic carboxylic acids is 5. The molecule has 0 aromatic carbocycles. The van der Waals surface area contributed by atoms with Gasteiger partial charge in [0.05, 0.1) is 23.7 Å². The van der Waals surface area contributed by atoms with Crippen LogP contribution in [0.25, 0.3) is 0 Å². The lowest BCUT2D eigenvalue weighted by atomic mass is 10.2. The minimum absolute atomic E-state index is 0.244. The Hall–Kier alpha value is -4.29. The molecule has 0 aromatic rings. The Morgan fingerprint density at radius 3 is 1.11 bits per heavy atom. The molecule has 0 aromatic heterocycles.